The molecule has 2 N–H and O–H groups in total. The van der Waals surface area contributed by atoms with E-state index >= 15 is 0 Å². The molecule has 1 aromatic rings. The molecule has 0 bridgehead atoms. The molecule has 0 heterocycles. The molecule has 3 heteroatoms. The van der Waals surface area contributed by atoms with Gasteiger partial charge >= 0.3 is 0 Å². The molecule has 1 aromatic carbocycles. The average Bonchev–Trinajstić information content (AvgIpc) is 2.35. The van der Waals surface area contributed by atoms with Crippen LogP contribution in [0.4, 0.5) is 0 Å². The highest BCUT2D eigenvalue weighted by molar-refractivity contribution is 5.24. The van der Waals surface area contributed by atoms with E-state index in [0.717, 1.165) is 12.1 Å². The lowest BCUT2D eigenvalue weighted by atomic mass is 10.0. The SMILES string of the molecule is CC(CO)CNCC(C#N)c1ccccc1. The summed E-state index contributed by atoms with van der Waals surface area (Å²) in [5.41, 5.74) is 1.04. The number of aliphatic hydroxyl groups is 1. The van der Waals surface area contributed by atoms with Gasteiger partial charge in [0.05, 0.1) is 12.0 Å². The van der Waals surface area contributed by atoms with Gasteiger partial charge in [0, 0.05) is 13.2 Å². The van der Waals surface area contributed by atoms with Gasteiger partial charge in [0.15, 0.2) is 0 Å². The largest absolute Gasteiger partial charge is 0.396 e. The number of nitrogens with one attached hydrogen (secondary N) is 1. The zero-order valence-corrected chi connectivity index (χ0v) is 9.56. The second-order valence-corrected chi connectivity index (χ2v) is 4.04. The lowest BCUT2D eigenvalue weighted by Gasteiger charge is -2.13. The maximum absolute atomic E-state index is 9.06. The molecule has 0 radical (unpaired) electrons. The summed E-state index contributed by atoms with van der Waals surface area (Å²) in [7, 11) is 0. The van der Waals surface area contributed by atoms with E-state index in [9.17, 15) is 0 Å². The van der Waals surface area contributed by atoms with Crippen LogP contribution in [0.2, 0.25) is 0 Å². The average molecular weight is 218 g/mol. The summed E-state index contributed by atoms with van der Waals surface area (Å²) in [6, 6.07) is 12.0. The Morgan fingerprint density at radius 1 is 1.31 bits per heavy atom. The van der Waals surface area contributed by atoms with Crippen LogP contribution in [0.1, 0.15) is 18.4 Å². The lowest BCUT2D eigenvalue weighted by molar-refractivity contribution is 0.234. The van der Waals surface area contributed by atoms with Gasteiger partial charge < -0.3 is 10.4 Å². The second kappa shape index (κ2) is 7.00. The molecule has 0 fully saturated rings. The Hall–Kier alpha value is -1.37. The predicted molar refractivity (Wildman–Crippen MR) is 63.9 cm³/mol. The molecular weight excluding hydrogens is 200 g/mol. The fourth-order valence-corrected chi connectivity index (χ4v) is 1.46. The van der Waals surface area contributed by atoms with Crippen molar-refractivity contribution in [1.29, 1.82) is 5.26 Å². The number of aliphatic hydroxyl groups excluding tert-OH is 1. The molecule has 2 unspecified atom stereocenters. The summed E-state index contributed by atoms with van der Waals surface area (Å²) >= 11 is 0. The third-order valence-electron chi connectivity index (χ3n) is 2.51. The van der Waals surface area contributed by atoms with E-state index < -0.39 is 0 Å². The van der Waals surface area contributed by atoms with Crippen LogP contribution < -0.4 is 5.32 Å². The molecule has 0 aliphatic carbocycles. The molecular formula is C13H18N2O. The van der Waals surface area contributed by atoms with Crippen LogP contribution in [0.15, 0.2) is 30.3 Å². The van der Waals surface area contributed by atoms with Crippen molar-refractivity contribution in [2.24, 2.45) is 5.92 Å². The molecule has 0 amide bonds. The first kappa shape index (κ1) is 12.7. The molecule has 0 saturated heterocycles. The molecule has 86 valence electrons. The normalized spacial score (nSPS) is 14.1. The highest BCUT2D eigenvalue weighted by Gasteiger charge is 2.09. The van der Waals surface area contributed by atoms with Crippen LogP contribution in [-0.4, -0.2) is 24.8 Å². The van der Waals surface area contributed by atoms with Crippen molar-refractivity contribution < 1.29 is 5.11 Å². The first-order chi connectivity index (χ1) is 7.77. The second-order valence-electron chi connectivity index (χ2n) is 4.04. The zero-order chi connectivity index (χ0) is 11.8. The monoisotopic (exact) mass is 218 g/mol. The molecule has 16 heavy (non-hydrogen) atoms. The minimum Gasteiger partial charge on any atom is -0.396 e. The summed E-state index contributed by atoms with van der Waals surface area (Å²) in [4.78, 5) is 0. The van der Waals surface area contributed by atoms with Gasteiger partial charge in [-0.05, 0) is 18.0 Å². The summed E-state index contributed by atoms with van der Waals surface area (Å²) in [5.74, 6) is 0.113. The predicted octanol–water partition coefficient (Wildman–Crippen LogP) is 1.51. The number of hydrogen-bond donors (Lipinski definition) is 2. The third kappa shape index (κ3) is 4.01. The summed E-state index contributed by atoms with van der Waals surface area (Å²) in [6.07, 6.45) is 0. The number of hydrogen-bond acceptors (Lipinski definition) is 3. The van der Waals surface area contributed by atoms with Crippen LogP contribution in [0.5, 0.6) is 0 Å². The molecule has 0 aliphatic rings. The maximum atomic E-state index is 9.06. The first-order valence-corrected chi connectivity index (χ1v) is 5.54. The standard InChI is InChI=1S/C13H18N2O/c1-11(10-16)8-15-9-13(7-14)12-5-3-2-4-6-12/h2-6,11,13,15-16H,8-10H2,1H3. The first-order valence-electron chi connectivity index (χ1n) is 5.54. The molecule has 3 nitrogen and oxygen atoms in total. The Labute approximate surface area is 96.7 Å². The number of nitrogens with zero attached hydrogens (tertiary/aromatic N) is 1. The highest BCUT2D eigenvalue weighted by Crippen LogP contribution is 2.13. The van der Waals surface area contributed by atoms with E-state index in [4.69, 9.17) is 10.4 Å². The van der Waals surface area contributed by atoms with Gasteiger partial charge in [0.1, 0.15) is 0 Å². The van der Waals surface area contributed by atoms with E-state index in [1.54, 1.807) is 0 Å². The summed E-state index contributed by atoms with van der Waals surface area (Å²) in [5, 5.41) is 21.1. The van der Waals surface area contributed by atoms with Crippen LogP contribution in [0, 0.1) is 17.2 Å². The third-order valence-corrected chi connectivity index (χ3v) is 2.51. The number of benzene rings is 1. The van der Waals surface area contributed by atoms with Gasteiger partial charge in [-0.3, -0.25) is 0 Å². The summed E-state index contributed by atoms with van der Waals surface area (Å²) in [6.45, 7) is 3.51. The Morgan fingerprint density at radius 2 is 2.00 bits per heavy atom. The van der Waals surface area contributed by atoms with E-state index in [1.807, 2.05) is 37.3 Å². The minimum atomic E-state index is -0.118. The quantitative estimate of drug-likeness (QED) is 0.761. The van der Waals surface area contributed by atoms with Crippen molar-refractivity contribution in [3.8, 4) is 6.07 Å². The Morgan fingerprint density at radius 3 is 2.56 bits per heavy atom. The van der Waals surface area contributed by atoms with Crippen molar-refractivity contribution in [3.05, 3.63) is 35.9 Å². The van der Waals surface area contributed by atoms with Crippen LogP contribution >= 0.6 is 0 Å². The van der Waals surface area contributed by atoms with Gasteiger partial charge in [-0.25, -0.2) is 0 Å². The van der Waals surface area contributed by atoms with Crippen LogP contribution in [-0.2, 0) is 0 Å². The van der Waals surface area contributed by atoms with Crippen molar-refractivity contribution >= 4 is 0 Å². The van der Waals surface area contributed by atoms with Gasteiger partial charge in [-0.2, -0.15) is 5.26 Å². The van der Waals surface area contributed by atoms with Gasteiger partial charge in [0.2, 0.25) is 0 Å². The molecule has 1 rings (SSSR count). The lowest BCUT2D eigenvalue weighted by Crippen LogP contribution is -2.27. The highest BCUT2D eigenvalue weighted by atomic mass is 16.3. The van der Waals surface area contributed by atoms with Crippen molar-refractivity contribution in [1.82, 2.24) is 5.32 Å². The maximum Gasteiger partial charge on any atom is 0.0837 e. The van der Waals surface area contributed by atoms with Crippen LogP contribution in [0.25, 0.3) is 0 Å². The minimum absolute atomic E-state index is 0.118. The van der Waals surface area contributed by atoms with Crippen molar-refractivity contribution in [3.63, 3.8) is 0 Å². The topological polar surface area (TPSA) is 56.0 Å². The van der Waals surface area contributed by atoms with Gasteiger partial charge in [0.25, 0.3) is 0 Å². The van der Waals surface area contributed by atoms with Crippen molar-refractivity contribution in [2.75, 3.05) is 19.7 Å². The van der Waals surface area contributed by atoms with Gasteiger partial charge in [-0.1, -0.05) is 37.3 Å². The fraction of sp³-hybridized carbons (Fsp3) is 0.462. The smallest absolute Gasteiger partial charge is 0.0837 e. The van der Waals surface area contributed by atoms with Gasteiger partial charge in [-0.15, -0.1) is 0 Å². The van der Waals surface area contributed by atoms with E-state index in [2.05, 4.69) is 11.4 Å². The molecule has 0 saturated carbocycles. The van der Waals surface area contributed by atoms with E-state index in [0.29, 0.717) is 6.54 Å². The molecule has 0 aromatic heterocycles. The van der Waals surface area contributed by atoms with Crippen LogP contribution in [0.3, 0.4) is 0 Å². The summed E-state index contributed by atoms with van der Waals surface area (Å²) < 4.78 is 0. The zero-order valence-electron chi connectivity index (χ0n) is 9.56. The number of nitriles is 1. The molecule has 2 atom stereocenters. The Kier molecular flexibility index (Phi) is 5.55. The Bertz CT molecular complexity index is 332. The number of rotatable bonds is 6. The van der Waals surface area contributed by atoms with E-state index in [-0.39, 0.29) is 18.4 Å². The van der Waals surface area contributed by atoms with E-state index in [1.165, 1.54) is 0 Å². The fourth-order valence-electron chi connectivity index (χ4n) is 1.46. The molecule has 0 aliphatic heterocycles. The van der Waals surface area contributed by atoms with Crippen molar-refractivity contribution in [2.45, 2.75) is 12.8 Å². The Balaban J connectivity index is 2.42. The molecule has 0 spiro atoms.